The Kier molecular flexibility index (Phi) is 7.70. The highest BCUT2D eigenvalue weighted by Crippen LogP contribution is 2.07. The summed E-state index contributed by atoms with van der Waals surface area (Å²) in [6, 6.07) is 1.60. The molecule has 0 saturated carbocycles. The van der Waals surface area contributed by atoms with Gasteiger partial charge in [0.1, 0.15) is 5.69 Å². The van der Waals surface area contributed by atoms with Crippen molar-refractivity contribution in [3.05, 3.63) is 23.5 Å². The number of nitrogens with one attached hydrogen (secondary N) is 2. The number of amides is 1. The monoisotopic (exact) mass is 278 g/mol. The molecule has 1 aromatic heterocycles. The van der Waals surface area contributed by atoms with E-state index >= 15 is 0 Å². The predicted molar refractivity (Wildman–Crippen MR) is 81.1 cm³/mol. The van der Waals surface area contributed by atoms with E-state index in [2.05, 4.69) is 17.2 Å². The maximum absolute atomic E-state index is 11.8. The van der Waals surface area contributed by atoms with Crippen LogP contribution in [-0.2, 0) is 0 Å². The van der Waals surface area contributed by atoms with E-state index in [1.165, 1.54) is 39.0 Å². The predicted octanol–water partition coefficient (Wildman–Crippen LogP) is 3.70. The van der Waals surface area contributed by atoms with Gasteiger partial charge in [0.15, 0.2) is 5.78 Å². The molecule has 1 rings (SSSR count). The van der Waals surface area contributed by atoms with Gasteiger partial charge in [0.25, 0.3) is 5.91 Å². The van der Waals surface area contributed by atoms with E-state index in [9.17, 15) is 9.59 Å². The van der Waals surface area contributed by atoms with Gasteiger partial charge in [-0.2, -0.15) is 0 Å². The lowest BCUT2D eigenvalue weighted by Gasteiger charge is -2.04. The Hall–Kier alpha value is -1.58. The first-order chi connectivity index (χ1) is 9.65. The lowest BCUT2D eigenvalue weighted by Crippen LogP contribution is -2.24. The minimum absolute atomic E-state index is 0.0348. The molecular weight excluding hydrogens is 252 g/mol. The largest absolute Gasteiger partial charge is 0.356 e. The van der Waals surface area contributed by atoms with Crippen LogP contribution in [0.1, 0.15) is 79.6 Å². The summed E-state index contributed by atoms with van der Waals surface area (Å²) in [4.78, 5) is 25.8. The average molecular weight is 278 g/mol. The Bertz CT molecular complexity index is 424. The van der Waals surface area contributed by atoms with E-state index in [0.717, 1.165) is 12.8 Å². The van der Waals surface area contributed by atoms with Gasteiger partial charge >= 0.3 is 0 Å². The quantitative estimate of drug-likeness (QED) is 0.506. The van der Waals surface area contributed by atoms with Gasteiger partial charge in [-0.15, -0.1) is 0 Å². The first kappa shape index (κ1) is 16.5. The third-order valence-electron chi connectivity index (χ3n) is 3.40. The van der Waals surface area contributed by atoms with Crippen molar-refractivity contribution >= 4 is 11.7 Å². The minimum atomic E-state index is -0.136. The van der Waals surface area contributed by atoms with Crippen LogP contribution < -0.4 is 5.32 Å². The summed E-state index contributed by atoms with van der Waals surface area (Å²) < 4.78 is 0. The van der Waals surface area contributed by atoms with Gasteiger partial charge in [-0.25, -0.2) is 0 Å². The van der Waals surface area contributed by atoms with E-state index in [-0.39, 0.29) is 11.7 Å². The van der Waals surface area contributed by atoms with Crippen molar-refractivity contribution in [1.29, 1.82) is 0 Å². The first-order valence-electron chi connectivity index (χ1n) is 7.62. The maximum atomic E-state index is 11.8. The molecule has 1 aromatic rings. The number of unbranched alkanes of at least 4 members (excludes halogenated alkanes) is 6. The lowest BCUT2D eigenvalue weighted by molar-refractivity contribution is 0.0948. The molecule has 0 aliphatic heterocycles. The number of aromatic nitrogens is 1. The molecule has 0 aromatic carbocycles. The van der Waals surface area contributed by atoms with Gasteiger partial charge in [-0.05, 0) is 19.4 Å². The summed E-state index contributed by atoms with van der Waals surface area (Å²) in [6.07, 6.45) is 10.2. The van der Waals surface area contributed by atoms with Gasteiger partial charge in [0, 0.05) is 18.3 Å². The molecule has 2 N–H and O–H groups in total. The lowest BCUT2D eigenvalue weighted by atomic mass is 10.1. The standard InChI is InChI=1S/C16H26N2O2/c1-3-4-5-6-7-8-9-10-17-16(20)15-11-14(12-18-15)13(2)19/h11-12,18H,3-10H2,1-2H3,(H,17,20). The molecule has 0 saturated heterocycles. The number of hydrogen-bond acceptors (Lipinski definition) is 2. The maximum Gasteiger partial charge on any atom is 0.267 e. The smallest absolute Gasteiger partial charge is 0.267 e. The van der Waals surface area contributed by atoms with Gasteiger partial charge < -0.3 is 10.3 Å². The van der Waals surface area contributed by atoms with Crippen molar-refractivity contribution in [1.82, 2.24) is 10.3 Å². The second-order valence-electron chi connectivity index (χ2n) is 5.24. The molecule has 0 aliphatic carbocycles. The highest BCUT2D eigenvalue weighted by molar-refractivity contribution is 5.99. The SMILES string of the molecule is CCCCCCCCCNC(=O)c1cc(C(C)=O)c[nH]1. The van der Waals surface area contributed by atoms with Crippen molar-refractivity contribution in [2.24, 2.45) is 0 Å². The molecule has 4 nitrogen and oxygen atoms in total. The fourth-order valence-electron chi connectivity index (χ4n) is 2.11. The van der Waals surface area contributed by atoms with E-state index in [0.29, 0.717) is 17.8 Å². The van der Waals surface area contributed by atoms with E-state index in [1.807, 2.05) is 0 Å². The van der Waals surface area contributed by atoms with Gasteiger partial charge in [-0.1, -0.05) is 45.4 Å². The van der Waals surface area contributed by atoms with Crippen LogP contribution in [0, 0.1) is 0 Å². The summed E-state index contributed by atoms with van der Waals surface area (Å²) in [7, 11) is 0. The van der Waals surface area contributed by atoms with Crippen LogP contribution in [0.4, 0.5) is 0 Å². The van der Waals surface area contributed by atoms with Gasteiger partial charge in [0.2, 0.25) is 0 Å². The summed E-state index contributed by atoms with van der Waals surface area (Å²) in [5.41, 5.74) is 1.00. The number of carbonyl (C=O) groups excluding carboxylic acids is 2. The summed E-state index contributed by atoms with van der Waals surface area (Å²) >= 11 is 0. The molecular formula is C16H26N2O2. The molecule has 112 valence electrons. The van der Waals surface area contributed by atoms with Crippen molar-refractivity contribution in [2.45, 2.75) is 58.8 Å². The second kappa shape index (κ2) is 9.34. The third kappa shape index (κ3) is 6.04. The van der Waals surface area contributed by atoms with Crippen LogP contribution in [0.2, 0.25) is 0 Å². The fraction of sp³-hybridized carbons (Fsp3) is 0.625. The molecule has 0 fully saturated rings. The average Bonchev–Trinajstić information content (AvgIpc) is 2.91. The minimum Gasteiger partial charge on any atom is -0.356 e. The van der Waals surface area contributed by atoms with Crippen molar-refractivity contribution in [3.8, 4) is 0 Å². The highest BCUT2D eigenvalue weighted by Gasteiger charge is 2.09. The molecule has 0 bridgehead atoms. The topological polar surface area (TPSA) is 62.0 Å². The molecule has 0 unspecified atom stereocenters. The van der Waals surface area contributed by atoms with Crippen LogP contribution in [0.3, 0.4) is 0 Å². The first-order valence-corrected chi connectivity index (χ1v) is 7.62. The summed E-state index contributed by atoms with van der Waals surface area (Å²) in [5.74, 6) is -0.170. The van der Waals surface area contributed by atoms with E-state index < -0.39 is 0 Å². The summed E-state index contributed by atoms with van der Waals surface area (Å²) in [5, 5.41) is 2.87. The molecule has 0 aliphatic rings. The zero-order valence-corrected chi connectivity index (χ0v) is 12.6. The Morgan fingerprint density at radius 3 is 2.35 bits per heavy atom. The zero-order chi connectivity index (χ0) is 14.8. The van der Waals surface area contributed by atoms with Crippen LogP contribution in [-0.4, -0.2) is 23.2 Å². The number of rotatable bonds is 10. The Morgan fingerprint density at radius 1 is 1.10 bits per heavy atom. The van der Waals surface area contributed by atoms with Gasteiger partial charge in [-0.3, -0.25) is 9.59 Å². The molecule has 0 atom stereocenters. The molecule has 4 heteroatoms. The number of Topliss-reactive ketones (excluding diaryl/α,β-unsaturated/α-hetero) is 1. The van der Waals surface area contributed by atoms with E-state index in [4.69, 9.17) is 0 Å². The number of carbonyl (C=O) groups is 2. The molecule has 1 heterocycles. The second-order valence-corrected chi connectivity index (χ2v) is 5.24. The van der Waals surface area contributed by atoms with Crippen molar-refractivity contribution in [3.63, 3.8) is 0 Å². The highest BCUT2D eigenvalue weighted by atomic mass is 16.2. The normalized spacial score (nSPS) is 10.5. The number of H-pyrrole nitrogens is 1. The summed E-state index contributed by atoms with van der Waals surface area (Å²) in [6.45, 7) is 4.40. The zero-order valence-electron chi connectivity index (χ0n) is 12.6. The molecule has 0 spiro atoms. The van der Waals surface area contributed by atoms with Crippen LogP contribution in [0.25, 0.3) is 0 Å². The third-order valence-corrected chi connectivity index (χ3v) is 3.40. The molecule has 1 amide bonds. The number of aromatic amines is 1. The van der Waals surface area contributed by atoms with Crippen molar-refractivity contribution in [2.75, 3.05) is 6.54 Å². The Labute approximate surface area is 121 Å². The number of ketones is 1. The van der Waals surface area contributed by atoms with E-state index in [1.54, 1.807) is 12.3 Å². The van der Waals surface area contributed by atoms with Crippen LogP contribution in [0.15, 0.2) is 12.3 Å². The molecule has 20 heavy (non-hydrogen) atoms. The van der Waals surface area contributed by atoms with Crippen LogP contribution in [0.5, 0.6) is 0 Å². The van der Waals surface area contributed by atoms with Crippen LogP contribution >= 0.6 is 0 Å². The number of hydrogen-bond donors (Lipinski definition) is 2. The van der Waals surface area contributed by atoms with Crippen molar-refractivity contribution < 1.29 is 9.59 Å². The van der Waals surface area contributed by atoms with Gasteiger partial charge in [0.05, 0.1) is 0 Å². The Balaban J connectivity index is 2.12. The Morgan fingerprint density at radius 2 is 1.75 bits per heavy atom. The fourth-order valence-corrected chi connectivity index (χ4v) is 2.11. The molecule has 0 radical (unpaired) electrons.